The number of hydrogen-bond donors (Lipinski definition) is 0. The van der Waals surface area contributed by atoms with E-state index in [1.54, 1.807) is 5.01 Å². The maximum Gasteiger partial charge on any atom is 0.257 e. The Balaban J connectivity index is 1.94. The summed E-state index contributed by atoms with van der Waals surface area (Å²) in [6, 6.07) is 14.9. The van der Waals surface area contributed by atoms with Crippen LogP contribution in [0.4, 0.5) is 0 Å². The first-order chi connectivity index (χ1) is 13.4. The lowest BCUT2D eigenvalue weighted by molar-refractivity contribution is -0.134. The van der Waals surface area contributed by atoms with Gasteiger partial charge in [-0.3, -0.25) is 9.69 Å². The number of hydrogen-bond acceptors (Lipinski definition) is 3. The van der Waals surface area contributed by atoms with E-state index >= 15 is 0 Å². The first kappa shape index (κ1) is 20.3. The van der Waals surface area contributed by atoms with Crippen LogP contribution in [0.3, 0.4) is 0 Å². The minimum atomic E-state index is -0.0423. The summed E-state index contributed by atoms with van der Waals surface area (Å²) < 4.78 is 0. The second-order valence-electron chi connectivity index (χ2n) is 7.70. The van der Waals surface area contributed by atoms with E-state index < -0.39 is 0 Å². The van der Waals surface area contributed by atoms with E-state index in [9.17, 15) is 4.79 Å². The summed E-state index contributed by atoms with van der Waals surface area (Å²) >= 11 is 0. The predicted octanol–water partition coefficient (Wildman–Crippen LogP) is 4.63. The molecule has 0 N–H and O–H groups in total. The van der Waals surface area contributed by atoms with Crippen molar-refractivity contribution in [3.63, 3.8) is 0 Å². The molecule has 3 rings (SSSR count). The molecule has 1 amide bonds. The van der Waals surface area contributed by atoms with Gasteiger partial charge in [-0.1, -0.05) is 67.4 Å². The average molecular weight is 378 g/mol. The van der Waals surface area contributed by atoms with E-state index in [1.807, 2.05) is 0 Å². The smallest absolute Gasteiger partial charge is 0.257 e. The van der Waals surface area contributed by atoms with E-state index in [0.29, 0.717) is 6.54 Å². The van der Waals surface area contributed by atoms with Gasteiger partial charge in [0, 0.05) is 12.0 Å². The molecule has 4 heteroatoms. The summed E-state index contributed by atoms with van der Waals surface area (Å²) in [4.78, 5) is 15.3. The molecule has 1 heterocycles. The number of hydrazone groups is 1. The summed E-state index contributed by atoms with van der Waals surface area (Å²) in [6.45, 7) is 12.6. The van der Waals surface area contributed by atoms with Gasteiger partial charge in [-0.15, -0.1) is 0 Å². The third kappa shape index (κ3) is 4.33. The number of carbonyl (C=O) groups is 1. The Labute approximate surface area is 168 Å². The van der Waals surface area contributed by atoms with Gasteiger partial charge in [-0.25, -0.2) is 5.01 Å². The molecule has 0 bridgehead atoms. The van der Waals surface area contributed by atoms with Gasteiger partial charge < -0.3 is 0 Å². The van der Waals surface area contributed by atoms with Crippen molar-refractivity contribution >= 4 is 11.6 Å². The van der Waals surface area contributed by atoms with E-state index in [4.69, 9.17) is 5.10 Å². The molecule has 0 aromatic heterocycles. The van der Waals surface area contributed by atoms with E-state index in [-0.39, 0.29) is 11.9 Å². The van der Waals surface area contributed by atoms with Crippen LogP contribution in [-0.4, -0.2) is 41.2 Å². The van der Waals surface area contributed by atoms with Crippen LogP contribution < -0.4 is 0 Å². The molecular formula is C24H31N3O. The Morgan fingerprint density at radius 1 is 1.04 bits per heavy atom. The number of likely N-dealkylation sites (N-methyl/N-ethyl adjacent to an activating group) is 1. The lowest BCUT2D eigenvalue weighted by atomic mass is 9.95. The molecule has 0 fully saturated rings. The molecular weight excluding hydrogens is 346 g/mol. The van der Waals surface area contributed by atoms with Gasteiger partial charge in [-0.05, 0) is 45.0 Å². The molecule has 1 atom stereocenters. The lowest BCUT2D eigenvalue weighted by Crippen LogP contribution is -2.38. The second-order valence-corrected chi connectivity index (χ2v) is 7.70. The van der Waals surface area contributed by atoms with Gasteiger partial charge in [0.05, 0.1) is 18.3 Å². The van der Waals surface area contributed by atoms with Gasteiger partial charge in [0.25, 0.3) is 5.91 Å². The van der Waals surface area contributed by atoms with Gasteiger partial charge in [0.15, 0.2) is 0 Å². The number of benzene rings is 2. The molecule has 1 aliphatic rings. The number of aryl methyl sites for hydroxylation is 3. The Hall–Kier alpha value is -2.46. The Morgan fingerprint density at radius 2 is 1.68 bits per heavy atom. The number of nitrogens with zero attached hydrogens (tertiary/aromatic N) is 3. The quantitative estimate of drug-likeness (QED) is 0.736. The SMILES string of the molecule is CCN(CC)CC(=O)N1N=C(c2ccc(C)cc2C)CC1c1ccc(C)cc1. The minimum absolute atomic E-state index is 0.0423. The Morgan fingerprint density at radius 3 is 2.29 bits per heavy atom. The second kappa shape index (κ2) is 8.70. The highest BCUT2D eigenvalue weighted by Gasteiger charge is 2.33. The van der Waals surface area contributed by atoms with Crippen LogP contribution in [0.15, 0.2) is 47.6 Å². The average Bonchev–Trinajstić information content (AvgIpc) is 3.11. The fourth-order valence-corrected chi connectivity index (χ4v) is 3.80. The van der Waals surface area contributed by atoms with Crippen molar-refractivity contribution in [1.29, 1.82) is 0 Å². The lowest BCUT2D eigenvalue weighted by Gasteiger charge is -2.25. The van der Waals surface area contributed by atoms with Gasteiger partial charge in [0.1, 0.15) is 0 Å². The fourth-order valence-electron chi connectivity index (χ4n) is 3.80. The van der Waals surface area contributed by atoms with Crippen LogP contribution >= 0.6 is 0 Å². The molecule has 0 saturated carbocycles. The molecule has 148 valence electrons. The zero-order chi connectivity index (χ0) is 20.3. The van der Waals surface area contributed by atoms with Crippen LogP contribution in [0.25, 0.3) is 0 Å². The van der Waals surface area contributed by atoms with Crippen molar-refractivity contribution in [2.75, 3.05) is 19.6 Å². The number of carbonyl (C=O) groups excluding carboxylic acids is 1. The monoisotopic (exact) mass is 377 g/mol. The molecule has 1 aliphatic heterocycles. The van der Waals surface area contributed by atoms with Crippen LogP contribution in [0.5, 0.6) is 0 Å². The van der Waals surface area contributed by atoms with Crippen LogP contribution in [0.1, 0.15) is 54.1 Å². The van der Waals surface area contributed by atoms with Crippen LogP contribution in [0.2, 0.25) is 0 Å². The highest BCUT2D eigenvalue weighted by Crippen LogP contribution is 2.33. The fraction of sp³-hybridized carbons (Fsp3) is 0.417. The van der Waals surface area contributed by atoms with Crippen molar-refractivity contribution in [3.05, 3.63) is 70.3 Å². The molecule has 0 spiro atoms. The van der Waals surface area contributed by atoms with E-state index in [1.165, 1.54) is 16.7 Å². The summed E-state index contributed by atoms with van der Waals surface area (Å²) in [5, 5.41) is 6.54. The Bertz CT molecular complexity index is 866. The summed E-state index contributed by atoms with van der Waals surface area (Å²) in [6.07, 6.45) is 0.747. The largest absolute Gasteiger partial charge is 0.295 e. The summed E-state index contributed by atoms with van der Waals surface area (Å²) in [7, 11) is 0. The highest BCUT2D eigenvalue weighted by molar-refractivity contribution is 6.04. The standard InChI is InChI=1S/C24H31N3O/c1-6-26(7-2)16-24(28)27-23(20-11-8-17(3)9-12-20)15-22(25-27)21-13-10-18(4)14-19(21)5/h8-14,23H,6-7,15-16H2,1-5H3. The molecule has 2 aromatic rings. The third-order valence-corrected chi connectivity index (χ3v) is 5.57. The van der Waals surface area contributed by atoms with Crippen molar-refractivity contribution in [2.45, 2.75) is 47.1 Å². The molecule has 1 unspecified atom stereocenters. The molecule has 2 aromatic carbocycles. The number of amides is 1. The summed E-state index contributed by atoms with van der Waals surface area (Å²) in [5.74, 6) is 0.0639. The van der Waals surface area contributed by atoms with Gasteiger partial charge >= 0.3 is 0 Å². The molecule has 0 radical (unpaired) electrons. The first-order valence-corrected chi connectivity index (χ1v) is 10.2. The third-order valence-electron chi connectivity index (χ3n) is 5.57. The number of rotatable bonds is 6. The van der Waals surface area contributed by atoms with Crippen molar-refractivity contribution in [3.8, 4) is 0 Å². The predicted molar refractivity (Wildman–Crippen MR) is 116 cm³/mol. The zero-order valence-corrected chi connectivity index (χ0v) is 17.7. The van der Waals surface area contributed by atoms with E-state index in [0.717, 1.165) is 36.3 Å². The molecule has 0 saturated heterocycles. The topological polar surface area (TPSA) is 35.9 Å². The normalized spacial score (nSPS) is 16.6. The highest BCUT2D eigenvalue weighted by atomic mass is 16.2. The molecule has 4 nitrogen and oxygen atoms in total. The maximum absolute atomic E-state index is 13.1. The van der Waals surface area contributed by atoms with Crippen LogP contribution in [0, 0.1) is 20.8 Å². The zero-order valence-electron chi connectivity index (χ0n) is 17.7. The van der Waals surface area contributed by atoms with Crippen LogP contribution in [-0.2, 0) is 4.79 Å². The molecule has 28 heavy (non-hydrogen) atoms. The molecule has 0 aliphatic carbocycles. The van der Waals surface area contributed by atoms with Crippen molar-refractivity contribution in [2.24, 2.45) is 5.10 Å². The van der Waals surface area contributed by atoms with E-state index in [2.05, 4.69) is 82.0 Å². The van der Waals surface area contributed by atoms with Gasteiger partial charge in [-0.2, -0.15) is 5.10 Å². The summed E-state index contributed by atoms with van der Waals surface area (Å²) in [5.41, 5.74) is 6.95. The Kier molecular flexibility index (Phi) is 6.30. The van der Waals surface area contributed by atoms with Crippen molar-refractivity contribution in [1.82, 2.24) is 9.91 Å². The maximum atomic E-state index is 13.1. The minimum Gasteiger partial charge on any atom is -0.295 e. The first-order valence-electron chi connectivity index (χ1n) is 10.2. The van der Waals surface area contributed by atoms with Crippen molar-refractivity contribution < 1.29 is 4.79 Å². The van der Waals surface area contributed by atoms with Gasteiger partial charge in [0.2, 0.25) is 0 Å².